The number of anilines is 3. The predicted octanol–water partition coefficient (Wildman–Crippen LogP) is 4.51. The first-order chi connectivity index (χ1) is 23.9. The Hall–Kier alpha value is -3.74. The van der Waals surface area contributed by atoms with Crippen molar-refractivity contribution in [2.24, 2.45) is 0 Å². The molecule has 4 fully saturated rings. The summed E-state index contributed by atoms with van der Waals surface area (Å²) in [4.78, 5) is 40.6. The number of likely N-dealkylation sites (N-methyl/N-ethyl adjacent to an activating group) is 1. The van der Waals surface area contributed by atoms with E-state index < -0.39 is 0 Å². The maximum atomic E-state index is 4.44. The molecule has 7 rings (SSSR count). The van der Waals surface area contributed by atoms with Gasteiger partial charge in [-0.05, 0) is 77.6 Å². The van der Waals surface area contributed by atoms with Crippen LogP contribution in [0.15, 0.2) is 49.8 Å². The Labute approximate surface area is 301 Å². The second-order valence-corrected chi connectivity index (χ2v) is 13.8. The van der Waals surface area contributed by atoms with Crippen LogP contribution in [0, 0.1) is 20.8 Å². The Morgan fingerprint density at radius 2 is 1.16 bits per heavy atom. The van der Waals surface area contributed by atoms with Gasteiger partial charge in [-0.1, -0.05) is 13.5 Å². The van der Waals surface area contributed by atoms with Crippen LogP contribution in [0.1, 0.15) is 56.4 Å². The molecule has 12 heteroatoms. The standard InChI is InChI=1S/2C13H20N4.C11H18N4.CH4/c1-11-9-14-13(15-10-11)17-6-2-5-16(7-8-17)12-3-4-12;1-3-5-16-6-4-7-17(9-8-16)13-11-14-12(2)10-15-13;1-10-8-12-11(13-9-10)15-5-3-4-14(2)6-7-15;/h9-10,12H,2-8H2,1H3;3,10-11H,1,4-9H2,2H3;8-9H,3-7H2,1-2H3;1H4. The summed E-state index contributed by atoms with van der Waals surface area (Å²) in [5.41, 5.74) is 3.21. The average molecular weight is 687 g/mol. The first kappa shape index (κ1) is 39.1. The van der Waals surface area contributed by atoms with Gasteiger partial charge in [0.2, 0.25) is 11.9 Å². The molecule has 6 heterocycles. The lowest BCUT2D eigenvalue weighted by molar-refractivity contribution is 0.283. The van der Waals surface area contributed by atoms with Crippen molar-refractivity contribution < 1.29 is 0 Å². The highest BCUT2D eigenvalue weighted by Crippen LogP contribution is 2.27. The fourth-order valence-electron chi connectivity index (χ4n) is 6.40. The number of hydrogen-bond donors (Lipinski definition) is 0. The molecule has 0 aromatic carbocycles. The molecule has 1 saturated carbocycles. The molecule has 3 saturated heterocycles. The highest BCUT2D eigenvalue weighted by molar-refractivity contribution is 5.36. The van der Waals surface area contributed by atoms with Crippen molar-refractivity contribution in [1.29, 1.82) is 0 Å². The number of aromatic nitrogens is 6. The van der Waals surface area contributed by atoms with Crippen LogP contribution in [0.4, 0.5) is 17.7 Å². The first-order valence-electron chi connectivity index (χ1n) is 18.2. The maximum Gasteiger partial charge on any atom is 0.225 e. The lowest BCUT2D eigenvalue weighted by Gasteiger charge is -2.21. The van der Waals surface area contributed by atoms with E-state index >= 15 is 0 Å². The van der Waals surface area contributed by atoms with Crippen LogP contribution >= 0.6 is 0 Å². The zero-order chi connectivity index (χ0) is 34.4. The summed E-state index contributed by atoms with van der Waals surface area (Å²) in [6.45, 7) is 24.0. The van der Waals surface area contributed by atoms with E-state index in [2.05, 4.69) is 72.9 Å². The molecule has 12 nitrogen and oxygen atoms in total. The first-order valence-corrected chi connectivity index (χ1v) is 18.2. The van der Waals surface area contributed by atoms with Gasteiger partial charge in [-0.15, -0.1) is 6.58 Å². The summed E-state index contributed by atoms with van der Waals surface area (Å²) < 4.78 is 0. The van der Waals surface area contributed by atoms with Crippen LogP contribution in [0.2, 0.25) is 0 Å². The van der Waals surface area contributed by atoms with Gasteiger partial charge in [-0.2, -0.15) is 0 Å². The number of rotatable bonds is 6. The smallest absolute Gasteiger partial charge is 0.225 e. The SMILES string of the molecule is C.C=CCN1CCCN(c2cnc(C)cn2)CC1.Cc1cnc(N2CCCN(C)CC2)nc1.Cc1cnc(N2CCCN(C3CC3)CC2)nc1. The minimum atomic E-state index is 0. The molecule has 0 spiro atoms. The van der Waals surface area contributed by atoms with Gasteiger partial charge in [0, 0.05) is 109 Å². The van der Waals surface area contributed by atoms with Gasteiger partial charge in [-0.3, -0.25) is 14.8 Å². The van der Waals surface area contributed by atoms with Gasteiger partial charge in [0.25, 0.3) is 0 Å². The third-order valence-electron chi connectivity index (χ3n) is 9.48. The zero-order valence-electron chi connectivity index (χ0n) is 30.4. The minimum absolute atomic E-state index is 0. The van der Waals surface area contributed by atoms with Gasteiger partial charge >= 0.3 is 0 Å². The highest BCUT2D eigenvalue weighted by Gasteiger charge is 2.30. The van der Waals surface area contributed by atoms with Crippen molar-refractivity contribution >= 4 is 17.7 Å². The lowest BCUT2D eigenvalue weighted by atomic mass is 10.4. The predicted molar refractivity (Wildman–Crippen MR) is 206 cm³/mol. The summed E-state index contributed by atoms with van der Waals surface area (Å²) in [6.07, 6.45) is 19.7. The van der Waals surface area contributed by atoms with E-state index in [1.165, 1.54) is 51.7 Å². The Balaban J connectivity index is 0.000000167. The van der Waals surface area contributed by atoms with Crippen LogP contribution < -0.4 is 14.7 Å². The van der Waals surface area contributed by atoms with Crippen LogP contribution in [0.3, 0.4) is 0 Å². The van der Waals surface area contributed by atoms with E-state index in [1.807, 2.05) is 64.0 Å². The topological polar surface area (TPSA) is 96.8 Å². The third-order valence-corrected chi connectivity index (χ3v) is 9.48. The van der Waals surface area contributed by atoms with Gasteiger partial charge in [-0.25, -0.2) is 24.9 Å². The molecule has 3 aromatic rings. The van der Waals surface area contributed by atoms with E-state index in [1.54, 1.807) is 0 Å². The highest BCUT2D eigenvalue weighted by atomic mass is 15.3. The summed E-state index contributed by atoms with van der Waals surface area (Å²) >= 11 is 0. The third kappa shape index (κ3) is 12.5. The number of nitrogens with zero attached hydrogens (tertiary/aromatic N) is 12. The summed E-state index contributed by atoms with van der Waals surface area (Å²) in [5.74, 6) is 2.76. The van der Waals surface area contributed by atoms with Crippen LogP contribution in [0.25, 0.3) is 0 Å². The molecule has 0 unspecified atom stereocenters. The van der Waals surface area contributed by atoms with Crippen molar-refractivity contribution in [1.82, 2.24) is 44.6 Å². The zero-order valence-corrected chi connectivity index (χ0v) is 30.4. The largest absolute Gasteiger partial charge is 0.354 e. The maximum absolute atomic E-state index is 4.44. The molecular formula is C38H62N12. The van der Waals surface area contributed by atoms with Crippen LogP contribution in [-0.2, 0) is 0 Å². The average Bonchev–Trinajstić information content (AvgIpc) is 3.98. The molecule has 3 aromatic heterocycles. The second kappa shape index (κ2) is 20.2. The van der Waals surface area contributed by atoms with E-state index in [9.17, 15) is 0 Å². The Bertz CT molecular complexity index is 1380. The molecule has 274 valence electrons. The van der Waals surface area contributed by atoms with Gasteiger partial charge in [0.1, 0.15) is 5.82 Å². The fourth-order valence-corrected chi connectivity index (χ4v) is 6.40. The molecule has 1 aliphatic carbocycles. The number of hydrogen-bond acceptors (Lipinski definition) is 12. The Kier molecular flexibility index (Phi) is 15.8. The molecule has 4 aliphatic rings. The number of aryl methyl sites for hydroxylation is 3. The normalized spacial score (nSPS) is 19.4. The van der Waals surface area contributed by atoms with E-state index in [0.29, 0.717) is 0 Å². The van der Waals surface area contributed by atoms with Crippen LogP contribution in [0.5, 0.6) is 0 Å². The van der Waals surface area contributed by atoms with Gasteiger partial charge in [0.15, 0.2) is 0 Å². The van der Waals surface area contributed by atoms with Gasteiger partial charge < -0.3 is 19.6 Å². The summed E-state index contributed by atoms with van der Waals surface area (Å²) in [5, 5.41) is 0. The Morgan fingerprint density at radius 3 is 1.74 bits per heavy atom. The molecule has 0 atom stereocenters. The molecule has 50 heavy (non-hydrogen) atoms. The van der Waals surface area contributed by atoms with E-state index in [4.69, 9.17) is 0 Å². The molecular weight excluding hydrogens is 625 g/mol. The quantitative estimate of drug-likeness (QED) is 0.342. The fraction of sp³-hybridized carbons (Fsp3) is 0.632. The Morgan fingerprint density at radius 1 is 0.600 bits per heavy atom. The molecule has 0 amide bonds. The summed E-state index contributed by atoms with van der Waals surface area (Å²) in [6, 6.07) is 0.883. The molecule has 0 bridgehead atoms. The lowest BCUT2D eigenvalue weighted by Crippen LogP contribution is -2.32. The van der Waals surface area contributed by atoms with Crippen molar-refractivity contribution in [2.45, 2.75) is 66.3 Å². The van der Waals surface area contributed by atoms with Crippen LogP contribution in [-0.4, -0.2) is 143 Å². The summed E-state index contributed by atoms with van der Waals surface area (Å²) in [7, 11) is 2.17. The monoisotopic (exact) mass is 687 g/mol. The minimum Gasteiger partial charge on any atom is -0.354 e. The molecule has 0 N–H and O–H groups in total. The van der Waals surface area contributed by atoms with Crippen molar-refractivity contribution in [3.8, 4) is 0 Å². The molecule has 3 aliphatic heterocycles. The van der Waals surface area contributed by atoms with E-state index in [-0.39, 0.29) is 7.43 Å². The van der Waals surface area contributed by atoms with E-state index in [0.717, 1.165) is 106 Å². The van der Waals surface area contributed by atoms with Crippen molar-refractivity contribution in [2.75, 3.05) is 107 Å². The second-order valence-electron chi connectivity index (χ2n) is 13.8. The van der Waals surface area contributed by atoms with Crippen molar-refractivity contribution in [3.05, 3.63) is 66.7 Å². The van der Waals surface area contributed by atoms with Crippen molar-refractivity contribution in [3.63, 3.8) is 0 Å². The van der Waals surface area contributed by atoms with Gasteiger partial charge in [0.05, 0.1) is 18.1 Å². The molecule has 0 radical (unpaired) electrons.